The molecule has 1 saturated carbocycles. The highest BCUT2D eigenvalue weighted by Gasteiger charge is 2.40. The zero-order valence-electron chi connectivity index (χ0n) is 14.5. The van der Waals surface area contributed by atoms with Crippen molar-refractivity contribution >= 4 is 6.03 Å². The Labute approximate surface area is 147 Å². The van der Waals surface area contributed by atoms with E-state index in [0.29, 0.717) is 17.7 Å². The fraction of sp³-hybridized carbons (Fsp3) is 0.526. The Morgan fingerprint density at radius 2 is 2.20 bits per heavy atom. The van der Waals surface area contributed by atoms with Crippen molar-refractivity contribution in [1.29, 1.82) is 0 Å². The summed E-state index contributed by atoms with van der Waals surface area (Å²) in [6, 6.07) is 10.8. The Kier molecular flexibility index (Phi) is 4.42. The van der Waals surface area contributed by atoms with Gasteiger partial charge in [0.1, 0.15) is 0 Å². The fourth-order valence-electron chi connectivity index (χ4n) is 3.77. The van der Waals surface area contributed by atoms with Crippen molar-refractivity contribution in [1.82, 2.24) is 20.4 Å². The van der Waals surface area contributed by atoms with Crippen molar-refractivity contribution in [2.75, 3.05) is 13.1 Å². The molecule has 1 aliphatic heterocycles. The number of nitrogens with zero attached hydrogens (tertiary/aromatic N) is 3. The molecule has 1 saturated heterocycles. The number of piperidine rings is 1. The van der Waals surface area contributed by atoms with Crippen LogP contribution in [0.2, 0.25) is 0 Å². The van der Waals surface area contributed by atoms with Crippen molar-refractivity contribution in [3.05, 3.63) is 47.6 Å². The number of benzene rings is 1. The highest BCUT2D eigenvalue weighted by molar-refractivity contribution is 5.75. The number of rotatable bonds is 4. The van der Waals surface area contributed by atoms with Gasteiger partial charge in [-0.05, 0) is 30.7 Å². The third-order valence-corrected chi connectivity index (χ3v) is 5.17. The average Bonchev–Trinajstić information content (AvgIpc) is 3.28. The van der Waals surface area contributed by atoms with Gasteiger partial charge in [0.15, 0.2) is 5.82 Å². The molecule has 0 spiro atoms. The molecule has 25 heavy (non-hydrogen) atoms. The van der Waals surface area contributed by atoms with Gasteiger partial charge in [0.25, 0.3) is 0 Å². The highest BCUT2D eigenvalue weighted by atomic mass is 16.5. The van der Waals surface area contributed by atoms with Crippen LogP contribution in [0.25, 0.3) is 0 Å². The second-order valence-electron chi connectivity index (χ2n) is 7.20. The number of aryl methyl sites for hydroxylation is 1. The molecule has 2 fully saturated rings. The summed E-state index contributed by atoms with van der Waals surface area (Å²) >= 11 is 0. The molecule has 0 radical (unpaired) electrons. The summed E-state index contributed by atoms with van der Waals surface area (Å²) in [4.78, 5) is 18.8. The molecule has 4 rings (SSSR count). The molecule has 2 amide bonds. The summed E-state index contributed by atoms with van der Waals surface area (Å²) in [5, 5.41) is 7.17. The molecular formula is C19H24N4O2. The van der Waals surface area contributed by atoms with Gasteiger partial charge >= 0.3 is 6.03 Å². The number of likely N-dealkylation sites (tertiary alicyclic amines) is 1. The smallest absolute Gasteiger partial charge is 0.317 e. The molecular weight excluding hydrogens is 316 g/mol. The topological polar surface area (TPSA) is 71.3 Å². The fourth-order valence-corrected chi connectivity index (χ4v) is 3.77. The van der Waals surface area contributed by atoms with Crippen LogP contribution in [0.1, 0.15) is 42.5 Å². The predicted molar refractivity (Wildman–Crippen MR) is 93.2 cm³/mol. The number of hydrogen-bond acceptors (Lipinski definition) is 4. The van der Waals surface area contributed by atoms with E-state index in [0.717, 1.165) is 44.6 Å². The molecule has 1 N–H and O–H groups in total. The largest absolute Gasteiger partial charge is 0.340 e. The maximum Gasteiger partial charge on any atom is 0.317 e. The first-order valence-electron chi connectivity index (χ1n) is 9.08. The number of amides is 2. The van der Waals surface area contributed by atoms with Crippen molar-refractivity contribution in [3.8, 4) is 0 Å². The van der Waals surface area contributed by atoms with Crippen molar-refractivity contribution in [2.45, 2.75) is 44.6 Å². The van der Waals surface area contributed by atoms with Gasteiger partial charge in [-0.25, -0.2) is 4.79 Å². The van der Waals surface area contributed by atoms with Crippen molar-refractivity contribution in [3.63, 3.8) is 0 Å². The van der Waals surface area contributed by atoms with Crippen LogP contribution in [0, 0.1) is 12.8 Å². The quantitative estimate of drug-likeness (QED) is 0.929. The minimum absolute atomic E-state index is 0.0671. The van der Waals surface area contributed by atoms with Crippen LogP contribution < -0.4 is 5.32 Å². The zero-order valence-corrected chi connectivity index (χ0v) is 14.5. The maximum absolute atomic E-state index is 12.6. The summed E-state index contributed by atoms with van der Waals surface area (Å²) in [5.41, 5.74) is 1.32. The van der Waals surface area contributed by atoms with E-state index in [9.17, 15) is 4.79 Å². The van der Waals surface area contributed by atoms with Crippen LogP contribution in [0.15, 0.2) is 34.9 Å². The van der Waals surface area contributed by atoms with Gasteiger partial charge in [-0.2, -0.15) is 4.98 Å². The number of carbonyl (C=O) groups excluding carboxylic acids is 1. The minimum atomic E-state index is 0.0671. The van der Waals surface area contributed by atoms with E-state index in [1.165, 1.54) is 5.56 Å². The normalized spacial score (nSPS) is 25.6. The van der Waals surface area contributed by atoms with Crippen LogP contribution in [0.5, 0.6) is 0 Å². The Hall–Kier alpha value is -2.37. The van der Waals surface area contributed by atoms with Crippen LogP contribution in [-0.4, -0.2) is 40.2 Å². The van der Waals surface area contributed by atoms with E-state index in [1.54, 1.807) is 6.92 Å². The van der Waals surface area contributed by atoms with E-state index in [1.807, 2.05) is 11.0 Å². The van der Waals surface area contributed by atoms with Gasteiger partial charge in [0.05, 0.1) is 0 Å². The second kappa shape index (κ2) is 6.86. The Balaban J connectivity index is 1.29. The van der Waals surface area contributed by atoms with Gasteiger partial charge in [0.2, 0.25) is 5.89 Å². The molecule has 1 aliphatic carbocycles. The lowest BCUT2D eigenvalue weighted by molar-refractivity contribution is 0.164. The summed E-state index contributed by atoms with van der Waals surface area (Å²) in [7, 11) is 0. The Bertz CT molecular complexity index is 730. The molecule has 3 atom stereocenters. The SMILES string of the molecule is Cc1nc(C[C@@H]2CCCN(C(=O)N[C@@H]3C[C@H]3c3ccccc3)C2)no1. The lowest BCUT2D eigenvalue weighted by Crippen LogP contribution is -2.46. The molecule has 0 unspecified atom stereocenters. The van der Waals surface area contributed by atoms with Gasteiger partial charge in [-0.1, -0.05) is 35.5 Å². The highest BCUT2D eigenvalue weighted by Crippen LogP contribution is 2.40. The van der Waals surface area contributed by atoms with E-state index >= 15 is 0 Å². The molecule has 1 aromatic carbocycles. The molecule has 1 aromatic heterocycles. The Morgan fingerprint density at radius 3 is 2.96 bits per heavy atom. The van der Waals surface area contributed by atoms with Crippen molar-refractivity contribution in [2.24, 2.45) is 5.92 Å². The maximum atomic E-state index is 12.6. The lowest BCUT2D eigenvalue weighted by Gasteiger charge is -2.32. The third-order valence-electron chi connectivity index (χ3n) is 5.17. The van der Waals surface area contributed by atoms with Crippen LogP contribution in [0.3, 0.4) is 0 Å². The standard InChI is InChI=1S/C19H24N4O2/c1-13-20-18(22-25-13)10-14-6-5-9-23(12-14)19(24)21-17-11-16(17)15-7-3-2-4-8-15/h2-4,7-8,14,16-17H,5-6,9-12H2,1H3,(H,21,24)/t14-,16-,17+/m0/s1. The zero-order chi connectivity index (χ0) is 17.2. The second-order valence-corrected chi connectivity index (χ2v) is 7.20. The number of carbonyl (C=O) groups is 1. The first kappa shape index (κ1) is 16.1. The van der Waals surface area contributed by atoms with Crippen molar-refractivity contribution < 1.29 is 9.32 Å². The molecule has 6 nitrogen and oxygen atoms in total. The van der Waals surface area contributed by atoms with Gasteiger partial charge in [-0.15, -0.1) is 0 Å². The van der Waals surface area contributed by atoms with Gasteiger partial charge < -0.3 is 14.7 Å². The molecule has 132 valence electrons. The minimum Gasteiger partial charge on any atom is -0.340 e. The molecule has 2 heterocycles. The molecule has 2 aromatic rings. The van der Waals surface area contributed by atoms with E-state index in [2.05, 4.69) is 39.7 Å². The van der Waals surface area contributed by atoms with Crippen LogP contribution >= 0.6 is 0 Å². The predicted octanol–water partition coefficient (Wildman–Crippen LogP) is 2.90. The molecule has 2 aliphatic rings. The van der Waals surface area contributed by atoms with Crippen LogP contribution in [-0.2, 0) is 6.42 Å². The number of nitrogens with one attached hydrogen (secondary N) is 1. The number of aromatic nitrogens is 2. The molecule has 6 heteroatoms. The van der Waals surface area contributed by atoms with Gasteiger partial charge in [0, 0.05) is 38.4 Å². The average molecular weight is 340 g/mol. The Morgan fingerprint density at radius 1 is 1.36 bits per heavy atom. The summed E-state index contributed by atoms with van der Waals surface area (Å²) in [6.07, 6.45) is 3.95. The lowest BCUT2D eigenvalue weighted by atomic mass is 9.95. The molecule has 0 bridgehead atoms. The first-order valence-corrected chi connectivity index (χ1v) is 9.08. The third kappa shape index (κ3) is 3.83. The van der Waals surface area contributed by atoms with Gasteiger partial charge in [-0.3, -0.25) is 0 Å². The van der Waals surface area contributed by atoms with E-state index < -0.39 is 0 Å². The summed E-state index contributed by atoms with van der Waals surface area (Å²) < 4.78 is 5.04. The number of hydrogen-bond donors (Lipinski definition) is 1. The first-order chi connectivity index (χ1) is 12.2. The number of urea groups is 1. The summed E-state index contributed by atoms with van der Waals surface area (Å²) in [6.45, 7) is 3.40. The summed E-state index contributed by atoms with van der Waals surface area (Å²) in [5.74, 6) is 2.21. The van der Waals surface area contributed by atoms with E-state index in [4.69, 9.17) is 4.52 Å². The van der Waals surface area contributed by atoms with E-state index in [-0.39, 0.29) is 12.1 Å². The monoisotopic (exact) mass is 340 g/mol. The van der Waals surface area contributed by atoms with Crippen LogP contribution in [0.4, 0.5) is 4.79 Å².